The summed E-state index contributed by atoms with van der Waals surface area (Å²) in [6.45, 7) is 10.7. The van der Waals surface area contributed by atoms with Crippen LogP contribution in [0.25, 0.3) is 22.3 Å². The number of ether oxygens (including phenoxy) is 1. The molecule has 5 rings (SSSR count). The van der Waals surface area contributed by atoms with Gasteiger partial charge >= 0.3 is 0 Å². The summed E-state index contributed by atoms with van der Waals surface area (Å²) in [5.74, 6) is 2.08. The van der Waals surface area contributed by atoms with E-state index in [-0.39, 0.29) is 0 Å². The third-order valence-corrected chi connectivity index (χ3v) is 5.88. The van der Waals surface area contributed by atoms with Crippen molar-refractivity contribution in [2.75, 3.05) is 13.1 Å². The van der Waals surface area contributed by atoms with Gasteiger partial charge in [-0.1, -0.05) is 31.4 Å². The molecule has 1 aliphatic heterocycles. The summed E-state index contributed by atoms with van der Waals surface area (Å²) in [4.78, 5) is 11.1. The average Bonchev–Trinajstić information content (AvgIpc) is 3.45. The summed E-state index contributed by atoms with van der Waals surface area (Å²) in [5, 5.41) is 5.89. The van der Waals surface area contributed by atoms with Crippen LogP contribution in [-0.4, -0.2) is 37.7 Å². The molecule has 2 aromatic carbocycles. The van der Waals surface area contributed by atoms with Gasteiger partial charge in [0.25, 0.3) is 0 Å². The Morgan fingerprint density at radius 1 is 1.09 bits per heavy atom. The van der Waals surface area contributed by atoms with E-state index in [1.54, 1.807) is 6.33 Å². The van der Waals surface area contributed by atoms with E-state index < -0.39 is 0 Å². The summed E-state index contributed by atoms with van der Waals surface area (Å²) < 4.78 is 7.94. The van der Waals surface area contributed by atoms with Crippen LogP contribution in [0.1, 0.15) is 6.42 Å². The first-order chi connectivity index (χ1) is 15.7. The lowest BCUT2D eigenvalue weighted by Gasteiger charge is -2.18. The van der Waals surface area contributed by atoms with Crippen LogP contribution in [0.5, 0.6) is 11.5 Å². The molecule has 160 valence electrons. The van der Waals surface area contributed by atoms with Gasteiger partial charge < -0.3 is 9.64 Å². The Bertz CT molecular complexity index is 1250. The quantitative estimate of drug-likeness (QED) is 0.377. The normalized spacial score (nSPS) is 15.8. The van der Waals surface area contributed by atoms with Crippen molar-refractivity contribution in [3.63, 3.8) is 0 Å². The number of benzene rings is 2. The Kier molecular flexibility index (Phi) is 5.42. The smallest absolute Gasteiger partial charge is 0.161 e. The van der Waals surface area contributed by atoms with Crippen molar-refractivity contribution in [2.24, 2.45) is 5.92 Å². The number of likely N-dealkylation sites (tertiary alicyclic amines) is 1. The van der Waals surface area contributed by atoms with Crippen LogP contribution in [0.4, 0.5) is 0 Å². The highest BCUT2D eigenvalue weighted by Crippen LogP contribution is 2.30. The van der Waals surface area contributed by atoms with E-state index in [9.17, 15) is 0 Å². The molecular formula is C26H25N5O. The molecule has 0 unspecified atom stereocenters. The minimum absolute atomic E-state index is 0.485. The zero-order valence-electron chi connectivity index (χ0n) is 17.9. The standard InChI is InChI=1S/C26H25N5O/c1-3-19(2)30-14-13-20(16-30)17-31-26-24(15-27-18-28-26)25(29-31)21-9-11-23(12-10-21)32-22-7-5-4-6-8-22/h3-12,15,18,20H,1-2,13-14,16-17H2/t20-/m1/s1. The Hall–Kier alpha value is -3.93. The number of rotatable bonds is 7. The number of hydrogen-bond donors (Lipinski definition) is 0. The third kappa shape index (κ3) is 3.99. The SMILES string of the molecule is C=CC(=C)N1CC[C@@H](Cn2nc(-c3ccc(Oc4ccccc4)cc3)c3cncnc32)C1. The number of fused-ring (bicyclic) bond motifs is 1. The molecule has 3 heterocycles. The fourth-order valence-electron chi connectivity index (χ4n) is 4.18. The summed E-state index contributed by atoms with van der Waals surface area (Å²) in [6.07, 6.45) is 6.35. The zero-order valence-corrected chi connectivity index (χ0v) is 17.9. The minimum Gasteiger partial charge on any atom is -0.457 e. The van der Waals surface area contributed by atoms with Gasteiger partial charge in [-0.05, 0) is 54.8 Å². The number of aromatic nitrogens is 4. The lowest BCUT2D eigenvalue weighted by Crippen LogP contribution is -2.20. The van der Waals surface area contributed by atoms with Crippen molar-refractivity contribution in [3.05, 3.63) is 92.1 Å². The summed E-state index contributed by atoms with van der Waals surface area (Å²) >= 11 is 0. The van der Waals surface area contributed by atoms with Gasteiger partial charge in [0.1, 0.15) is 23.5 Å². The first-order valence-corrected chi connectivity index (χ1v) is 10.8. The average molecular weight is 424 g/mol. The monoisotopic (exact) mass is 423 g/mol. The highest BCUT2D eigenvalue weighted by molar-refractivity contribution is 5.90. The molecule has 0 amide bonds. The van der Waals surface area contributed by atoms with Gasteiger partial charge in [0.05, 0.1) is 5.39 Å². The van der Waals surface area contributed by atoms with Crippen LogP contribution in [0.15, 0.2) is 92.1 Å². The van der Waals surface area contributed by atoms with Crippen molar-refractivity contribution < 1.29 is 4.74 Å². The molecule has 1 saturated heterocycles. The Morgan fingerprint density at radius 3 is 2.66 bits per heavy atom. The van der Waals surface area contributed by atoms with E-state index in [0.29, 0.717) is 5.92 Å². The Balaban J connectivity index is 1.39. The Labute approximate surface area is 187 Å². The summed E-state index contributed by atoms with van der Waals surface area (Å²) in [6, 6.07) is 17.8. The van der Waals surface area contributed by atoms with E-state index in [4.69, 9.17) is 9.84 Å². The predicted molar refractivity (Wildman–Crippen MR) is 126 cm³/mol. The van der Waals surface area contributed by atoms with Crippen molar-refractivity contribution in [1.29, 1.82) is 0 Å². The molecular weight excluding hydrogens is 398 g/mol. The lowest BCUT2D eigenvalue weighted by atomic mass is 10.1. The fraction of sp³-hybridized carbons (Fsp3) is 0.192. The molecule has 1 aliphatic rings. The number of para-hydroxylation sites is 1. The molecule has 0 spiro atoms. The van der Waals surface area contributed by atoms with Crippen LogP contribution in [0.3, 0.4) is 0 Å². The van der Waals surface area contributed by atoms with Gasteiger partial charge in [-0.25, -0.2) is 14.6 Å². The lowest BCUT2D eigenvalue weighted by molar-refractivity contribution is 0.388. The number of hydrogen-bond acceptors (Lipinski definition) is 5. The number of allylic oxidation sites excluding steroid dienone is 1. The maximum atomic E-state index is 5.92. The highest BCUT2D eigenvalue weighted by atomic mass is 16.5. The molecule has 6 nitrogen and oxygen atoms in total. The molecule has 0 N–H and O–H groups in total. The second-order valence-corrected chi connectivity index (χ2v) is 8.03. The minimum atomic E-state index is 0.485. The van der Waals surface area contributed by atoms with Gasteiger partial charge in [-0.3, -0.25) is 0 Å². The van der Waals surface area contributed by atoms with Gasteiger partial charge in [0.15, 0.2) is 5.65 Å². The van der Waals surface area contributed by atoms with E-state index in [1.165, 1.54) is 0 Å². The molecule has 4 aromatic rings. The van der Waals surface area contributed by atoms with Crippen LogP contribution in [0.2, 0.25) is 0 Å². The highest BCUT2D eigenvalue weighted by Gasteiger charge is 2.24. The predicted octanol–water partition coefficient (Wildman–Crippen LogP) is 5.31. The van der Waals surface area contributed by atoms with Crippen molar-refractivity contribution in [2.45, 2.75) is 13.0 Å². The van der Waals surface area contributed by atoms with Gasteiger partial charge in [0.2, 0.25) is 0 Å². The summed E-state index contributed by atoms with van der Waals surface area (Å²) in [7, 11) is 0. The van der Waals surface area contributed by atoms with Crippen molar-refractivity contribution in [1.82, 2.24) is 24.6 Å². The van der Waals surface area contributed by atoms with Crippen molar-refractivity contribution >= 4 is 11.0 Å². The maximum Gasteiger partial charge on any atom is 0.161 e. The van der Waals surface area contributed by atoms with E-state index in [0.717, 1.165) is 65.5 Å². The topological polar surface area (TPSA) is 56.1 Å². The molecule has 32 heavy (non-hydrogen) atoms. The van der Waals surface area contributed by atoms with Crippen LogP contribution < -0.4 is 4.74 Å². The maximum absolute atomic E-state index is 5.92. The molecule has 0 aliphatic carbocycles. The second kappa shape index (κ2) is 8.67. The Morgan fingerprint density at radius 2 is 1.88 bits per heavy atom. The van der Waals surface area contributed by atoms with Gasteiger partial charge in [-0.2, -0.15) is 5.10 Å². The molecule has 0 bridgehead atoms. The zero-order chi connectivity index (χ0) is 21.9. The largest absolute Gasteiger partial charge is 0.457 e. The molecule has 0 saturated carbocycles. The molecule has 2 aromatic heterocycles. The van der Waals surface area contributed by atoms with Crippen molar-refractivity contribution in [3.8, 4) is 22.8 Å². The molecule has 6 heteroatoms. The second-order valence-electron chi connectivity index (χ2n) is 8.03. The third-order valence-electron chi connectivity index (χ3n) is 5.88. The molecule has 0 radical (unpaired) electrons. The van der Waals surface area contributed by atoms with E-state index >= 15 is 0 Å². The van der Waals surface area contributed by atoms with Crippen LogP contribution in [-0.2, 0) is 6.54 Å². The van der Waals surface area contributed by atoms with Crippen LogP contribution in [0, 0.1) is 5.92 Å². The van der Waals surface area contributed by atoms with Crippen LogP contribution >= 0.6 is 0 Å². The fourth-order valence-corrected chi connectivity index (χ4v) is 4.18. The number of nitrogens with zero attached hydrogens (tertiary/aromatic N) is 5. The van der Waals surface area contributed by atoms with E-state index in [1.807, 2.05) is 71.6 Å². The van der Waals surface area contributed by atoms with E-state index in [2.05, 4.69) is 28.0 Å². The summed E-state index contributed by atoms with van der Waals surface area (Å²) in [5.41, 5.74) is 3.74. The molecule has 1 atom stereocenters. The van der Waals surface area contributed by atoms with Gasteiger partial charge in [0, 0.05) is 37.1 Å². The first kappa shape index (κ1) is 20.0. The first-order valence-electron chi connectivity index (χ1n) is 10.8. The van der Waals surface area contributed by atoms with Gasteiger partial charge in [-0.15, -0.1) is 0 Å². The molecule has 1 fully saturated rings.